The molecule has 214 valence electrons. The maximum Gasteiger partial charge on any atom is 0.224 e. The fourth-order valence-electron chi connectivity index (χ4n) is 3.32. The van der Waals surface area contributed by atoms with Crippen LogP contribution in [0.1, 0.15) is 71.3 Å². The maximum atomic E-state index is 12.6. The summed E-state index contributed by atoms with van der Waals surface area (Å²) in [6, 6.07) is 0. The van der Waals surface area contributed by atoms with Crippen molar-refractivity contribution in [3.05, 3.63) is 0 Å². The Labute approximate surface area is 235 Å². The van der Waals surface area contributed by atoms with E-state index in [0.29, 0.717) is 23.2 Å². The van der Waals surface area contributed by atoms with Crippen LogP contribution in [0.15, 0.2) is 0 Å². The number of amides is 2. The molecule has 0 aliphatic heterocycles. The number of rotatable bonds is 21. The number of hydrogen-bond acceptors (Lipinski definition) is 9. The molecule has 0 spiro atoms. The molecular weight excluding hydrogens is 516 g/mol. The van der Waals surface area contributed by atoms with E-state index in [-0.39, 0.29) is 75.1 Å². The minimum Gasteiger partial charge on any atom is -0.381 e. The van der Waals surface area contributed by atoms with E-state index < -0.39 is 30.9 Å². The zero-order valence-electron chi connectivity index (χ0n) is 24.5. The third kappa shape index (κ3) is 16.0. The average Bonchev–Trinajstić information content (AvgIpc) is 2.87. The summed E-state index contributed by atoms with van der Waals surface area (Å²) in [6.07, 6.45) is 1.20. The van der Waals surface area contributed by atoms with Gasteiger partial charge in [-0.05, 0) is 26.2 Å². The zero-order chi connectivity index (χ0) is 29.8. The van der Waals surface area contributed by atoms with Crippen LogP contribution in [0, 0.1) is 11.8 Å². The lowest BCUT2D eigenvalue weighted by Crippen LogP contribution is -2.38. The number of nitrogens with one attached hydrogen (secondary N) is 2. The lowest BCUT2D eigenvalue weighted by Gasteiger charge is -2.37. The van der Waals surface area contributed by atoms with Gasteiger partial charge in [0, 0.05) is 48.6 Å². The zero-order valence-corrected chi connectivity index (χ0v) is 23.1. The molecule has 1 fully saturated rings. The Balaban J connectivity index is 0. The first kappa shape index (κ1) is 31.5. The fraction of sp³-hybridized carbons (Fsp3) is 0.769. The van der Waals surface area contributed by atoms with Crippen molar-refractivity contribution in [2.45, 2.75) is 77.7 Å². The SMILES string of the molecule is C.[2H]C.[2H]C(=O)CNC(=O)C(CC)CSC1CCC1SCC(CC(=O)CCOCCC(C)=O)C(=O)NCC([2H])=O. The van der Waals surface area contributed by atoms with Crippen molar-refractivity contribution in [3.63, 3.8) is 0 Å². The third-order valence-corrected chi connectivity index (χ3v) is 9.02. The molecule has 1 aliphatic rings. The highest BCUT2D eigenvalue weighted by molar-refractivity contribution is 8.04. The van der Waals surface area contributed by atoms with Crippen LogP contribution >= 0.6 is 23.5 Å². The molecule has 2 N–H and O–H groups in total. The van der Waals surface area contributed by atoms with Crippen LogP contribution in [0.4, 0.5) is 0 Å². The van der Waals surface area contributed by atoms with E-state index in [4.69, 9.17) is 8.85 Å². The average molecular weight is 566 g/mol. The Bertz CT molecular complexity index is 821. The van der Waals surface area contributed by atoms with Gasteiger partial charge in [-0.3, -0.25) is 19.2 Å². The van der Waals surface area contributed by atoms with E-state index in [0.717, 1.165) is 12.8 Å². The molecule has 0 aromatic carbocycles. The lowest BCUT2D eigenvalue weighted by molar-refractivity contribution is -0.129. The standard InChI is InChI=1S/C24H38N2O7S2.2CH4/c1-3-18(23(31)25-8-10-27)15-34-21-4-5-22(21)35-16-19(24(32)26-9-11-28)14-20(30)7-13-33-12-6-17(2)29;;/h10-11,18-19,21-22H,3-9,12-16H2,1-2H3,(H,25,31)(H,26,32);2*1H4/i10D,11D;1D;. The second-order valence-corrected chi connectivity index (χ2v) is 10.9. The van der Waals surface area contributed by atoms with Crippen molar-refractivity contribution < 1.29 is 37.6 Å². The lowest BCUT2D eigenvalue weighted by atomic mass is 9.99. The molecule has 4 unspecified atom stereocenters. The van der Waals surface area contributed by atoms with Gasteiger partial charge < -0.3 is 25.0 Å². The molecule has 1 aliphatic carbocycles. The highest BCUT2D eigenvalue weighted by Crippen LogP contribution is 2.41. The van der Waals surface area contributed by atoms with Crippen LogP contribution in [-0.2, 0) is 33.5 Å². The summed E-state index contributed by atoms with van der Waals surface area (Å²) >= 11 is 3.28. The largest absolute Gasteiger partial charge is 0.381 e. The van der Waals surface area contributed by atoms with E-state index in [2.05, 4.69) is 10.6 Å². The molecule has 0 saturated heterocycles. The Morgan fingerprint density at radius 1 is 0.946 bits per heavy atom. The molecule has 0 radical (unpaired) electrons. The third-order valence-electron chi connectivity index (χ3n) is 5.68. The fourth-order valence-corrected chi connectivity index (χ4v) is 6.72. The van der Waals surface area contributed by atoms with Crippen LogP contribution in [0.5, 0.6) is 0 Å². The Hall–Kier alpha value is -1.72. The molecule has 0 heterocycles. The summed E-state index contributed by atoms with van der Waals surface area (Å²) < 4.78 is 25.0. The number of carbonyl (C=O) groups is 6. The Morgan fingerprint density at radius 3 is 1.89 bits per heavy atom. The molecule has 9 nitrogen and oxygen atoms in total. The maximum absolute atomic E-state index is 12.6. The van der Waals surface area contributed by atoms with Crippen LogP contribution in [0.3, 0.4) is 0 Å². The second-order valence-electron chi connectivity index (χ2n) is 8.40. The minimum atomic E-state index is -0.915. The summed E-state index contributed by atoms with van der Waals surface area (Å²) in [7, 11) is 1.25. The van der Waals surface area contributed by atoms with Crippen molar-refractivity contribution in [1.29, 1.82) is 0 Å². The summed E-state index contributed by atoms with van der Waals surface area (Å²) in [5.74, 6) is -0.733. The quantitative estimate of drug-likeness (QED) is 0.159. The van der Waals surface area contributed by atoms with Gasteiger partial charge in [0.05, 0.1) is 32.2 Å². The summed E-state index contributed by atoms with van der Waals surface area (Å²) in [5, 5.41) is 5.48. The van der Waals surface area contributed by atoms with Gasteiger partial charge in [-0.1, -0.05) is 21.8 Å². The highest BCUT2D eigenvalue weighted by Gasteiger charge is 2.34. The van der Waals surface area contributed by atoms with E-state index in [1.54, 1.807) is 23.5 Å². The van der Waals surface area contributed by atoms with Crippen molar-refractivity contribution in [2.75, 3.05) is 37.8 Å². The van der Waals surface area contributed by atoms with E-state index >= 15 is 0 Å². The molecule has 2 amide bonds. The van der Waals surface area contributed by atoms with E-state index in [9.17, 15) is 28.8 Å². The number of Topliss-reactive ketones (excluding diaryl/α,β-unsaturated/α-hetero) is 2. The molecular formula is C26H46N2O7S2. The second kappa shape index (κ2) is 22.3. The summed E-state index contributed by atoms with van der Waals surface area (Å²) in [5.41, 5.74) is 0. The number of carbonyl (C=O) groups excluding carboxylic acids is 6. The van der Waals surface area contributed by atoms with Gasteiger partial charge in [-0.15, -0.1) is 0 Å². The molecule has 0 aromatic rings. The smallest absolute Gasteiger partial charge is 0.224 e. The Morgan fingerprint density at radius 2 is 1.43 bits per heavy atom. The topological polar surface area (TPSA) is 136 Å². The first-order valence-electron chi connectivity index (χ1n) is 13.9. The van der Waals surface area contributed by atoms with Gasteiger partial charge in [0.25, 0.3) is 0 Å². The summed E-state index contributed by atoms with van der Waals surface area (Å²) in [6.45, 7) is 3.08. The van der Waals surface area contributed by atoms with Gasteiger partial charge in [-0.25, -0.2) is 0 Å². The van der Waals surface area contributed by atoms with Gasteiger partial charge in [0.15, 0.2) is 0 Å². The van der Waals surface area contributed by atoms with Gasteiger partial charge in [0.2, 0.25) is 11.8 Å². The molecule has 0 bridgehead atoms. The number of aldehydes is 2. The first-order valence-corrected chi connectivity index (χ1v) is 14.0. The minimum absolute atomic E-state index is 0. The van der Waals surface area contributed by atoms with Gasteiger partial charge >= 0.3 is 0 Å². The molecule has 11 heteroatoms. The first-order chi connectivity index (χ1) is 18.5. The highest BCUT2D eigenvalue weighted by atomic mass is 32.2. The van der Waals surface area contributed by atoms with Crippen LogP contribution in [-0.4, -0.2) is 84.2 Å². The number of ether oxygens (including phenoxy) is 1. The van der Waals surface area contributed by atoms with Crippen molar-refractivity contribution in [1.82, 2.24) is 10.6 Å². The van der Waals surface area contributed by atoms with Gasteiger partial charge in [-0.2, -0.15) is 23.5 Å². The van der Waals surface area contributed by atoms with Crippen LogP contribution in [0.25, 0.3) is 0 Å². The monoisotopic (exact) mass is 565 g/mol. The number of ketones is 2. The molecule has 0 aromatic heterocycles. The van der Waals surface area contributed by atoms with E-state index in [1.807, 2.05) is 6.92 Å². The molecule has 1 rings (SSSR count). The molecule has 1 saturated carbocycles. The van der Waals surface area contributed by atoms with Crippen molar-refractivity contribution in [2.24, 2.45) is 11.8 Å². The van der Waals surface area contributed by atoms with E-state index in [1.165, 1.54) is 14.3 Å². The molecule has 4 atom stereocenters. The number of hydrogen-bond donors (Lipinski definition) is 2. The number of thioether (sulfide) groups is 2. The van der Waals surface area contributed by atoms with Crippen molar-refractivity contribution >= 4 is 59.4 Å². The van der Waals surface area contributed by atoms with Crippen LogP contribution < -0.4 is 10.6 Å². The normalized spacial score (nSPS) is 18.5. The van der Waals surface area contributed by atoms with Crippen molar-refractivity contribution in [3.8, 4) is 0 Å². The molecule has 37 heavy (non-hydrogen) atoms. The van der Waals surface area contributed by atoms with Gasteiger partial charge in [0.1, 0.15) is 26.8 Å². The summed E-state index contributed by atoms with van der Waals surface area (Å²) in [4.78, 5) is 70.0. The van der Waals surface area contributed by atoms with Crippen LogP contribution in [0.2, 0.25) is 0 Å². The Kier molecular flexibility index (Phi) is 19.0. The predicted octanol–water partition coefficient (Wildman–Crippen LogP) is 2.87. The predicted molar refractivity (Wildman–Crippen MR) is 151 cm³/mol.